The molecular formula is C42H84O2. The number of esters is 1. The zero-order valence-electron chi connectivity index (χ0n) is 31.1. The van der Waals surface area contributed by atoms with Gasteiger partial charge in [0, 0.05) is 6.42 Å². The summed E-state index contributed by atoms with van der Waals surface area (Å²) in [5.74, 6) is 0.913. The first-order chi connectivity index (χ1) is 21.7. The third-order valence-corrected chi connectivity index (χ3v) is 9.67. The van der Waals surface area contributed by atoms with Gasteiger partial charge in [-0.2, -0.15) is 0 Å². The number of rotatable bonds is 38. The highest BCUT2D eigenvalue weighted by Crippen LogP contribution is 2.17. The molecule has 0 saturated carbocycles. The Hall–Kier alpha value is -0.530. The molecule has 0 heterocycles. The van der Waals surface area contributed by atoms with Gasteiger partial charge in [0.15, 0.2) is 0 Å². The van der Waals surface area contributed by atoms with E-state index in [4.69, 9.17) is 4.74 Å². The van der Waals surface area contributed by atoms with Gasteiger partial charge < -0.3 is 4.74 Å². The van der Waals surface area contributed by atoms with E-state index in [9.17, 15) is 4.79 Å². The van der Waals surface area contributed by atoms with Gasteiger partial charge in [-0.25, -0.2) is 0 Å². The van der Waals surface area contributed by atoms with Crippen LogP contribution >= 0.6 is 0 Å². The molecule has 0 aromatic carbocycles. The summed E-state index contributed by atoms with van der Waals surface area (Å²) in [4.78, 5) is 12.0. The van der Waals surface area contributed by atoms with Gasteiger partial charge in [0.1, 0.15) is 0 Å². The lowest BCUT2D eigenvalue weighted by atomic mass is 10.0. The number of hydrogen-bond donors (Lipinski definition) is 0. The van der Waals surface area contributed by atoms with Crippen LogP contribution in [-0.4, -0.2) is 12.6 Å². The minimum Gasteiger partial charge on any atom is -0.466 e. The Labute approximate surface area is 279 Å². The smallest absolute Gasteiger partial charge is 0.305 e. The van der Waals surface area contributed by atoms with Crippen LogP contribution in [0.2, 0.25) is 0 Å². The first-order valence-electron chi connectivity index (χ1n) is 20.8. The van der Waals surface area contributed by atoms with E-state index in [2.05, 4.69) is 20.8 Å². The quantitative estimate of drug-likeness (QED) is 0.0507. The van der Waals surface area contributed by atoms with E-state index in [-0.39, 0.29) is 5.97 Å². The maximum Gasteiger partial charge on any atom is 0.305 e. The summed E-state index contributed by atoms with van der Waals surface area (Å²) in [6.07, 6.45) is 49.0. The largest absolute Gasteiger partial charge is 0.466 e. The van der Waals surface area contributed by atoms with E-state index in [0.717, 1.165) is 18.8 Å². The lowest BCUT2D eigenvalue weighted by molar-refractivity contribution is -0.143. The molecule has 0 aliphatic rings. The van der Waals surface area contributed by atoms with Gasteiger partial charge in [0.25, 0.3) is 0 Å². The van der Waals surface area contributed by atoms with Crippen LogP contribution in [0.3, 0.4) is 0 Å². The second-order valence-corrected chi connectivity index (χ2v) is 14.8. The minimum atomic E-state index is 0.0302. The van der Waals surface area contributed by atoms with Crippen molar-refractivity contribution in [1.29, 1.82) is 0 Å². The summed E-state index contributed by atoms with van der Waals surface area (Å²) >= 11 is 0. The van der Waals surface area contributed by atoms with Crippen LogP contribution in [0, 0.1) is 5.92 Å². The molecule has 264 valence electrons. The van der Waals surface area contributed by atoms with Gasteiger partial charge in [-0.05, 0) is 18.8 Å². The second kappa shape index (κ2) is 38.7. The van der Waals surface area contributed by atoms with Crippen LogP contribution in [0.25, 0.3) is 0 Å². The fourth-order valence-electron chi connectivity index (χ4n) is 6.56. The highest BCUT2D eigenvalue weighted by Gasteiger charge is 2.03. The Kier molecular flexibility index (Phi) is 38.2. The van der Waals surface area contributed by atoms with Crippen molar-refractivity contribution in [3.8, 4) is 0 Å². The molecular weight excluding hydrogens is 536 g/mol. The monoisotopic (exact) mass is 621 g/mol. The second-order valence-electron chi connectivity index (χ2n) is 14.8. The van der Waals surface area contributed by atoms with Gasteiger partial charge in [-0.3, -0.25) is 4.79 Å². The fourth-order valence-corrected chi connectivity index (χ4v) is 6.56. The predicted molar refractivity (Wildman–Crippen MR) is 198 cm³/mol. The molecule has 0 unspecified atom stereocenters. The lowest BCUT2D eigenvalue weighted by Gasteiger charge is -2.06. The normalized spacial score (nSPS) is 11.5. The standard InChI is InChI=1S/C42H84O2/c1-4-5-6-7-8-9-10-11-17-21-24-27-30-33-36-39-42(43)44-40-37-34-31-28-25-22-19-16-14-12-13-15-18-20-23-26-29-32-35-38-41(2)3/h41H,4-40H2,1-3H3. The predicted octanol–water partition coefficient (Wildman–Crippen LogP) is 15.2. The van der Waals surface area contributed by atoms with Crippen molar-refractivity contribution in [3.63, 3.8) is 0 Å². The Morgan fingerprint density at radius 2 is 0.659 bits per heavy atom. The van der Waals surface area contributed by atoms with E-state index in [0.29, 0.717) is 13.0 Å². The highest BCUT2D eigenvalue weighted by molar-refractivity contribution is 5.69. The van der Waals surface area contributed by atoms with Crippen LogP contribution in [-0.2, 0) is 9.53 Å². The van der Waals surface area contributed by atoms with E-state index in [1.165, 1.54) is 212 Å². The molecule has 0 aromatic heterocycles. The number of carbonyl (C=O) groups excluding carboxylic acids is 1. The number of unbranched alkanes of at least 4 members (excludes halogenated alkanes) is 32. The summed E-state index contributed by atoms with van der Waals surface area (Å²) in [6.45, 7) is 7.61. The third kappa shape index (κ3) is 39.5. The van der Waals surface area contributed by atoms with Crippen molar-refractivity contribution < 1.29 is 9.53 Å². The average molecular weight is 621 g/mol. The molecule has 2 nitrogen and oxygen atoms in total. The third-order valence-electron chi connectivity index (χ3n) is 9.67. The van der Waals surface area contributed by atoms with Crippen LogP contribution in [0.1, 0.15) is 252 Å². The van der Waals surface area contributed by atoms with E-state index in [1.807, 2.05) is 0 Å². The summed E-state index contributed by atoms with van der Waals surface area (Å²) in [7, 11) is 0. The summed E-state index contributed by atoms with van der Waals surface area (Å²) in [5.41, 5.74) is 0. The Morgan fingerprint density at radius 1 is 0.386 bits per heavy atom. The molecule has 44 heavy (non-hydrogen) atoms. The number of ether oxygens (including phenoxy) is 1. The van der Waals surface area contributed by atoms with Crippen LogP contribution < -0.4 is 0 Å². The fraction of sp³-hybridized carbons (Fsp3) is 0.976. The van der Waals surface area contributed by atoms with Crippen molar-refractivity contribution in [1.82, 2.24) is 0 Å². The van der Waals surface area contributed by atoms with Gasteiger partial charge in [-0.1, -0.05) is 233 Å². The molecule has 0 aliphatic heterocycles. The molecule has 0 rings (SSSR count). The minimum absolute atomic E-state index is 0.0302. The Balaban J connectivity index is 3.14. The molecule has 0 aliphatic carbocycles. The molecule has 0 fully saturated rings. The molecule has 0 aromatic rings. The molecule has 2 heteroatoms. The first-order valence-corrected chi connectivity index (χ1v) is 20.8. The zero-order valence-corrected chi connectivity index (χ0v) is 31.1. The molecule has 0 atom stereocenters. The van der Waals surface area contributed by atoms with Gasteiger partial charge in [-0.15, -0.1) is 0 Å². The van der Waals surface area contributed by atoms with Gasteiger partial charge in [0.05, 0.1) is 6.61 Å². The van der Waals surface area contributed by atoms with Crippen molar-refractivity contribution >= 4 is 5.97 Å². The lowest BCUT2D eigenvalue weighted by Crippen LogP contribution is -2.05. The maximum atomic E-state index is 12.0. The van der Waals surface area contributed by atoms with E-state index >= 15 is 0 Å². The molecule has 0 bridgehead atoms. The zero-order chi connectivity index (χ0) is 32.0. The van der Waals surface area contributed by atoms with Crippen LogP contribution in [0.5, 0.6) is 0 Å². The van der Waals surface area contributed by atoms with Gasteiger partial charge in [0.2, 0.25) is 0 Å². The van der Waals surface area contributed by atoms with Crippen LogP contribution in [0.15, 0.2) is 0 Å². The van der Waals surface area contributed by atoms with Crippen molar-refractivity contribution in [2.75, 3.05) is 6.61 Å². The number of carbonyl (C=O) groups is 1. The highest BCUT2D eigenvalue weighted by atomic mass is 16.5. The van der Waals surface area contributed by atoms with Gasteiger partial charge >= 0.3 is 5.97 Å². The molecule has 0 saturated heterocycles. The van der Waals surface area contributed by atoms with Crippen molar-refractivity contribution in [3.05, 3.63) is 0 Å². The summed E-state index contributed by atoms with van der Waals surface area (Å²) in [5, 5.41) is 0. The Morgan fingerprint density at radius 3 is 0.977 bits per heavy atom. The summed E-state index contributed by atoms with van der Waals surface area (Å²) < 4.78 is 5.47. The topological polar surface area (TPSA) is 26.3 Å². The molecule has 0 spiro atoms. The first kappa shape index (κ1) is 43.5. The van der Waals surface area contributed by atoms with Crippen molar-refractivity contribution in [2.45, 2.75) is 252 Å². The maximum absolute atomic E-state index is 12.0. The van der Waals surface area contributed by atoms with E-state index < -0.39 is 0 Å². The number of hydrogen-bond acceptors (Lipinski definition) is 2. The van der Waals surface area contributed by atoms with Crippen molar-refractivity contribution in [2.24, 2.45) is 5.92 Å². The van der Waals surface area contributed by atoms with E-state index in [1.54, 1.807) is 0 Å². The molecule has 0 amide bonds. The molecule has 0 N–H and O–H groups in total. The molecule has 0 radical (unpaired) electrons. The van der Waals surface area contributed by atoms with Crippen LogP contribution in [0.4, 0.5) is 0 Å². The SMILES string of the molecule is CCCCCCCCCCCCCCCCCC(=O)OCCCCCCCCCCCCCCCCCCCCCC(C)C. The Bertz CT molecular complexity index is 528. The average Bonchev–Trinajstić information content (AvgIpc) is 3.01. The summed E-state index contributed by atoms with van der Waals surface area (Å²) in [6, 6.07) is 0.